The van der Waals surface area contributed by atoms with E-state index in [1.807, 2.05) is 59.5 Å². The van der Waals surface area contributed by atoms with Crippen molar-refractivity contribution in [3.63, 3.8) is 0 Å². The van der Waals surface area contributed by atoms with Crippen LogP contribution in [0, 0.1) is 0 Å². The van der Waals surface area contributed by atoms with Crippen LogP contribution in [0.5, 0.6) is 5.75 Å². The third kappa shape index (κ3) is 3.21. The van der Waals surface area contributed by atoms with Crippen molar-refractivity contribution >= 4 is 11.7 Å². The van der Waals surface area contributed by atoms with Crippen molar-refractivity contribution < 1.29 is 19.4 Å². The van der Waals surface area contributed by atoms with Crippen LogP contribution in [-0.4, -0.2) is 36.9 Å². The highest BCUT2D eigenvalue weighted by molar-refractivity contribution is 5.77. The number of aliphatic hydroxyl groups is 1. The summed E-state index contributed by atoms with van der Waals surface area (Å²) in [6, 6.07) is 16.6. The van der Waals surface area contributed by atoms with Crippen molar-refractivity contribution in [2.75, 3.05) is 24.7 Å². The second-order valence-electron chi connectivity index (χ2n) is 5.56. The van der Waals surface area contributed by atoms with E-state index in [0.717, 1.165) is 17.0 Å². The van der Waals surface area contributed by atoms with E-state index in [9.17, 15) is 9.90 Å². The molecule has 0 saturated carbocycles. The van der Waals surface area contributed by atoms with Gasteiger partial charge in [-0.05, 0) is 24.6 Å². The number of fused-ring (bicyclic) bond motifs is 1. The van der Waals surface area contributed by atoms with Crippen LogP contribution in [0.25, 0.3) is 0 Å². The average molecular weight is 327 g/mol. The molecule has 1 aliphatic rings. The Balaban J connectivity index is 2.01. The molecule has 0 amide bonds. The lowest BCUT2D eigenvalue weighted by atomic mass is 9.98. The van der Waals surface area contributed by atoms with E-state index in [0.29, 0.717) is 13.2 Å². The molecule has 2 atom stereocenters. The summed E-state index contributed by atoms with van der Waals surface area (Å²) in [5, 5.41) is 10.7. The molecule has 2 aromatic rings. The lowest BCUT2D eigenvalue weighted by molar-refractivity contribution is -0.154. The van der Waals surface area contributed by atoms with Crippen LogP contribution in [0.15, 0.2) is 54.6 Å². The molecule has 2 aromatic carbocycles. The summed E-state index contributed by atoms with van der Waals surface area (Å²) in [7, 11) is 0. The number of esters is 1. The van der Waals surface area contributed by atoms with Gasteiger partial charge in [0.05, 0.1) is 24.9 Å². The molecule has 0 aliphatic carbocycles. The zero-order chi connectivity index (χ0) is 16.9. The molecule has 2 unspecified atom stereocenters. The Kier molecular flexibility index (Phi) is 5.01. The number of carbonyl (C=O) groups is 1. The predicted molar refractivity (Wildman–Crippen MR) is 91.1 cm³/mol. The van der Waals surface area contributed by atoms with Gasteiger partial charge in [0.2, 0.25) is 0 Å². The standard InChI is InChI=1S/C19H21NO4/c1-2-23-19(22)18(21)17(14-8-4-3-5-9-14)20-12-13-24-16-11-7-6-10-15(16)20/h3-11,17-18,21H,2,12-13H2,1H3. The fourth-order valence-electron chi connectivity index (χ4n) is 3.02. The van der Waals surface area contributed by atoms with Gasteiger partial charge in [0.25, 0.3) is 0 Å². The van der Waals surface area contributed by atoms with Crippen LogP contribution in [0.2, 0.25) is 0 Å². The molecule has 0 fully saturated rings. The molecular formula is C19H21NO4. The first kappa shape index (κ1) is 16.3. The van der Waals surface area contributed by atoms with Gasteiger partial charge < -0.3 is 19.5 Å². The summed E-state index contributed by atoms with van der Waals surface area (Å²) < 4.78 is 10.7. The van der Waals surface area contributed by atoms with E-state index in [2.05, 4.69) is 0 Å². The van der Waals surface area contributed by atoms with E-state index in [4.69, 9.17) is 9.47 Å². The highest BCUT2D eigenvalue weighted by atomic mass is 16.5. The number of hydrogen-bond acceptors (Lipinski definition) is 5. The zero-order valence-electron chi connectivity index (χ0n) is 13.6. The predicted octanol–water partition coefficient (Wildman–Crippen LogP) is 2.55. The number of carbonyl (C=O) groups excluding carboxylic acids is 1. The molecule has 0 bridgehead atoms. The highest BCUT2D eigenvalue weighted by Crippen LogP contribution is 2.38. The van der Waals surface area contributed by atoms with Crippen LogP contribution in [-0.2, 0) is 9.53 Å². The molecule has 1 heterocycles. The van der Waals surface area contributed by atoms with Gasteiger partial charge in [0.15, 0.2) is 6.10 Å². The maximum Gasteiger partial charge on any atom is 0.337 e. The fourth-order valence-corrected chi connectivity index (χ4v) is 3.02. The van der Waals surface area contributed by atoms with Crippen LogP contribution in [0.4, 0.5) is 5.69 Å². The number of anilines is 1. The molecule has 24 heavy (non-hydrogen) atoms. The molecular weight excluding hydrogens is 306 g/mol. The summed E-state index contributed by atoms with van der Waals surface area (Å²) in [4.78, 5) is 14.2. The first-order valence-electron chi connectivity index (χ1n) is 8.10. The minimum Gasteiger partial charge on any atom is -0.490 e. The van der Waals surface area contributed by atoms with Gasteiger partial charge in [0.1, 0.15) is 12.4 Å². The number of rotatable bonds is 5. The smallest absolute Gasteiger partial charge is 0.337 e. The van der Waals surface area contributed by atoms with E-state index in [-0.39, 0.29) is 6.61 Å². The van der Waals surface area contributed by atoms with Gasteiger partial charge in [-0.2, -0.15) is 0 Å². The van der Waals surface area contributed by atoms with Crippen molar-refractivity contribution in [1.29, 1.82) is 0 Å². The number of nitrogens with zero attached hydrogens (tertiary/aromatic N) is 1. The van der Waals surface area contributed by atoms with Crippen LogP contribution >= 0.6 is 0 Å². The maximum atomic E-state index is 12.2. The number of ether oxygens (including phenoxy) is 2. The molecule has 0 aromatic heterocycles. The molecule has 0 saturated heterocycles. The van der Waals surface area contributed by atoms with Crippen molar-refractivity contribution in [2.45, 2.75) is 19.1 Å². The van der Waals surface area contributed by atoms with Gasteiger partial charge in [0, 0.05) is 0 Å². The van der Waals surface area contributed by atoms with E-state index in [1.54, 1.807) is 6.92 Å². The molecule has 0 spiro atoms. The Morgan fingerprint density at radius 1 is 1.21 bits per heavy atom. The fraction of sp³-hybridized carbons (Fsp3) is 0.316. The van der Waals surface area contributed by atoms with E-state index >= 15 is 0 Å². The van der Waals surface area contributed by atoms with Crippen molar-refractivity contribution in [2.24, 2.45) is 0 Å². The number of hydrogen-bond donors (Lipinski definition) is 1. The number of aliphatic hydroxyl groups excluding tert-OH is 1. The summed E-state index contributed by atoms with van der Waals surface area (Å²) >= 11 is 0. The Hall–Kier alpha value is -2.53. The van der Waals surface area contributed by atoms with E-state index in [1.165, 1.54) is 0 Å². The van der Waals surface area contributed by atoms with Crippen molar-refractivity contribution in [3.8, 4) is 5.75 Å². The lowest BCUT2D eigenvalue weighted by Crippen LogP contribution is -2.44. The van der Waals surface area contributed by atoms with Gasteiger partial charge in [-0.3, -0.25) is 0 Å². The van der Waals surface area contributed by atoms with Gasteiger partial charge in [-0.25, -0.2) is 4.79 Å². The average Bonchev–Trinajstić information content (AvgIpc) is 2.63. The first-order valence-corrected chi connectivity index (χ1v) is 8.10. The minimum atomic E-state index is -1.28. The quantitative estimate of drug-likeness (QED) is 0.855. The molecule has 1 N–H and O–H groups in total. The number of benzene rings is 2. The van der Waals surface area contributed by atoms with Gasteiger partial charge in [-0.1, -0.05) is 42.5 Å². The Labute approximate surface area is 141 Å². The Morgan fingerprint density at radius 3 is 2.67 bits per heavy atom. The topological polar surface area (TPSA) is 59.0 Å². The van der Waals surface area contributed by atoms with Gasteiger partial charge >= 0.3 is 5.97 Å². The highest BCUT2D eigenvalue weighted by Gasteiger charge is 2.36. The Bertz CT molecular complexity index is 689. The van der Waals surface area contributed by atoms with Crippen molar-refractivity contribution in [1.82, 2.24) is 0 Å². The molecule has 3 rings (SSSR count). The SMILES string of the molecule is CCOC(=O)C(O)C(c1ccccc1)N1CCOc2ccccc21. The molecule has 1 aliphatic heterocycles. The molecule has 5 heteroatoms. The van der Waals surface area contributed by atoms with Crippen LogP contribution in [0.1, 0.15) is 18.5 Å². The lowest BCUT2D eigenvalue weighted by Gasteiger charge is -2.39. The first-order chi connectivity index (χ1) is 11.7. The summed E-state index contributed by atoms with van der Waals surface area (Å²) in [6.45, 7) is 3.03. The second kappa shape index (κ2) is 7.36. The van der Waals surface area contributed by atoms with E-state index < -0.39 is 18.1 Å². The summed E-state index contributed by atoms with van der Waals surface area (Å²) in [5.74, 6) is 0.135. The molecule has 126 valence electrons. The monoisotopic (exact) mass is 327 g/mol. The number of para-hydroxylation sites is 2. The Morgan fingerprint density at radius 2 is 1.92 bits per heavy atom. The molecule has 0 radical (unpaired) electrons. The normalized spacial score (nSPS) is 15.8. The third-order valence-corrected chi connectivity index (χ3v) is 4.07. The third-order valence-electron chi connectivity index (χ3n) is 4.07. The summed E-state index contributed by atoms with van der Waals surface area (Å²) in [6.07, 6.45) is -1.28. The van der Waals surface area contributed by atoms with Crippen LogP contribution in [0.3, 0.4) is 0 Å². The zero-order valence-corrected chi connectivity index (χ0v) is 13.6. The maximum absolute atomic E-state index is 12.2. The van der Waals surface area contributed by atoms with Crippen molar-refractivity contribution in [3.05, 3.63) is 60.2 Å². The second-order valence-corrected chi connectivity index (χ2v) is 5.56. The van der Waals surface area contributed by atoms with Gasteiger partial charge in [-0.15, -0.1) is 0 Å². The largest absolute Gasteiger partial charge is 0.490 e. The molecule has 5 nitrogen and oxygen atoms in total. The van der Waals surface area contributed by atoms with Crippen LogP contribution < -0.4 is 9.64 Å². The minimum absolute atomic E-state index is 0.233. The summed E-state index contributed by atoms with van der Waals surface area (Å²) in [5.41, 5.74) is 1.72.